The Hall–Kier alpha value is 1.58. The minimum absolute atomic E-state index is 0. The predicted molar refractivity (Wildman–Crippen MR) is 64.6 cm³/mol. The van der Waals surface area contributed by atoms with E-state index in [1.165, 1.54) is 0 Å². The molecule has 0 aliphatic carbocycles. The standard InChI is InChI=1S/B4O7.2Na.10H2O/c5-1-7-3-9-2(6)10-4(8-1)11-3;;;;;;;;;;;;/h;;;10*1H2/q-2;2*+1;;;;;;;;;;. The molecule has 20 N–H and O–H groups in total. The molecule has 0 amide bonds. The maximum Gasteiger partial charge on any atom is 1.00 e. The molecule has 0 aromatic rings. The number of hydrogen-bond acceptors (Lipinski definition) is 7. The molecular formula is H20B4Na2O17. The van der Waals surface area contributed by atoms with Gasteiger partial charge in [0.25, 0.3) is 0 Å². The van der Waals surface area contributed by atoms with E-state index in [1.807, 2.05) is 0 Å². The van der Waals surface area contributed by atoms with Gasteiger partial charge in [-0.15, -0.1) is 0 Å². The predicted octanol–water partition coefficient (Wildman–Crippen LogP) is -18.5. The molecule has 2 aliphatic rings. The van der Waals surface area contributed by atoms with Gasteiger partial charge in [-0.1, -0.05) is 0 Å². The summed E-state index contributed by atoms with van der Waals surface area (Å²) in [6.07, 6.45) is 0. The van der Waals surface area contributed by atoms with Crippen molar-refractivity contribution in [1.82, 2.24) is 0 Å². The van der Waals surface area contributed by atoms with Crippen LogP contribution in [0.4, 0.5) is 0 Å². The Bertz CT molecular complexity index is 130. The fourth-order valence-electron chi connectivity index (χ4n) is 0.710. The van der Waals surface area contributed by atoms with E-state index in [2.05, 4.69) is 22.9 Å². The third kappa shape index (κ3) is 23.6. The van der Waals surface area contributed by atoms with Gasteiger partial charge in [0.2, 0.25) is 0 Å². The Morgan fingerprint density at radius 1 is 0.391 bits per heavy atom. The van der Waals surface area contributed by atoms with E-state index in [0.717, 1.165) is 0 Å². The first-order chi connectivity index (χ1) is 5.24. The van der Waals surface area contributed by atoms with Gasteiger partial charge in [-0.2, -0.15) is 0 Å². The second-order valence-electron chi connectivity index (χ2n) is 1.84. The minimum atomic E-state index is -1.73. The zero-order valence-electron chi connectivity index (χ0n) is 12.2. The zero-order valence-corrected chi connectivity index (χ0v) is 16.2. The van der Waals surface area contributed by atoms with Gasteiger partial charge in [-0.05, 0) is 0 Å². The van der Waals surface area contributed by atoms with Crippen molar-refractivity contribution in [2.75, 3.05) is 0 Å². The molecule has 0 spiro atoms. The van der Waals surface area contributed by atoms with E-state index in [4.69, 9.17) is 0 Å². The van der Waals surface area contributed by atoms with Crippen LogP contribution < -0.4 is 69.2 Å². The minimum Gasteiger partial charge on any atom is -0.833 e. The maximum atomic E-state index is 10.5. The van der Waals surface area contributed by atoms with Crippen molar-refractivity contribution in [3.8, 4) is 0 Å². The molecule has 2 fully saturated rings. The van der Waals surface area contributed by atoms with Crippen LogP contribution in [-0.4, -0.2) is 84.0 Å². The van der Waals surface area contributed by atoms with Crippen molar-refractivity contribution in [2.24, 2.45) is 0 Å². The molecule has 0 radical (unpaired) electrons. The number of fused-ring (bicyclic) bond motifs is 2. The fraction of sp³-hybridized carbons (Fsp3) is 0. The van der Waals surface area contributed by atoms with Gasteiger partial charge in [0.05, 0.1) is 0 Å². The smallest absolute Gasteiger partial charge is 0.833 e. The Morgan fingerprint density at radius 3 is 0.739 bits per heavy atom. The molecule has 23 heavy (non-hydrogen) atoms. The summed E-state index contributed by atoms with van der Waals surface area (Å²) in [5, 5.41) is 21.0. The topological polar surface area (TPSA) is 407 Å². The molecule has 2 heterocycles. The van der Waals surface area contributed by atoms with Crippen LogP contribution >= 0.6 is 0 Å². The fourth-order valence-corrected chi connectivity index (χ4v) is 0.710. The summed E-state index contributed by atoms with van der Waals surface area (Å²) in [6, 6.07) is 0. The van der Waals surface area contributed by atoms with Gasteiger partial charge in [0.1, 0.15) is 0 Å². The molecule has 0 aromatic carbocycles. The van der Waals surface area contributed by atoms with Crippen LogP contribution in [0.1, 0.15) is 0 Å². The van der Waals surface area contributed by atoms with E-state index in [0.29, 0.717) is 0 Å². The van der Waals surface area contributed by atoms with Crippen molar-refractivity contribution >= 4 is 29.3 Å². The quantitative estimate of drug-likeness (QED) is 0.363. The first-order valence-corrected chi connectivity index (χ1v) is 2.83. The van der Waals surface area contributed by atoms with E-state index in [-0.39, 0.29) is 114 Å². The van der Waals surface area contributed by atoms with Crippen molar-refractivity contribution < 1.29 is 147 Å². The van der Waals surface area contributed by atoms with E-state index >= 15 is 0 Å². The molecular weight excluding hydrogens is 361 g/mol. The van der Waals surface area contributed by atoms with E-state index in [9.17, 15) is 10.0 Å². The molecule has 0 aromatic heterocycles. The summed E-state index contributed by atoms with van der Waals surface area (Å²) < 4.78 is 21.9. The molecule has 2 saturated heterocycles. The van der Waals surface area contributed by atoms with E-state index in [1.54, 1.807) is 0 Å². The third-order valence-electron chi connectivity index (χ3n) is 1.11. The number of rotatable bonds is 0. The van der Waals surface area contributed by atoms with Gasteiger partial charge in [0.15, 0.2) is 0 Å². The normalized spacial score (nSPS) is 11.7. The zero-order chi connectivity index (χ0) is 7.84. The Labute approximate surface area is 175 Å². The van der Waals surface area contributed by atoms with Crippen LogP contribution in [0.5, 0.6) is 0 Å². The average Bonchev–Trinajstić information content (AvgIpc) is 1.82. The Kier molecular flexibility index (Phi) is 112. The van der Waals surface area contributed by atoms with Crippen LogP contribution in [0.25, 0.3) is 0 Å². The molecule has 0 saturated carbocycles. The summed E-state index contributed by atoms with van der Waals surface area (Å²) in [7, 11) is -6.00. The van der Waals surface area contributed by atoms with Gasteiger partial charge in [0, 0.05) is 0 Å². The second kappa shape index (κ2) is 34.8. The molecule has 2 bridgehead atoms. The summed E-state index contributed by atoms with van der Waals surface area (Å²) >= 11 is 0. The Balaban J connectivity index is -0.0000000133. The van der Waals surface area contributed by atoms with Crippen molar-refractivity contribution in [2.45, 2.75) is 0 Å². The molecule has 0 unspecified atom stereocenters. The molecule has 23 heteroatoms. The maximum absolute atomic E-state index is 10.5. The second-order valence-corrected chi connectivity index (χ2v) is 1.84. The molecule has 136 valence electrons. The van der Waals surface area contributed by atoms with Crippen LogP contribution in [-0.2, 0) is 22.9 Å². The van der Waals surface area contributed by atoms with Gasteiger partial charge >= 0.3 is 88.4 Å². The monoisotopic (exact) mass is 382 g/mol. The van der Waals surface area contributed by atoms with Crippen molar-refractivity contribution in [1.29, 1.82) is 0 Å². The van der Waals surface area contributed by atoms with Gasteiger partial charge in [-0.25, -0.2) is 0 Å². The van der Waals surface area contributed by atoms with Gasteiger partial charge in [-0.3, -0.25) is 0 Å². The molecule has 2 rings (SSSR count). The summed E-state index contributed by atoms with van der Waals surface area (Å²) in [4.78, 5) is 0. The third-order valence-corrected chi connectivity index (χ3v) is 1.11. The van der Waals surface area contributed by atoms with Crippen molar-refractivity contribution in [3.05, 3.63) is 0 Å². The summed E-state index contributed by atoms with van der Waals surface area (Å²) in [5.41, 5.74) is 0. The van der Waals surface area contributed by atoms with Crippen LogP contribution in [0, 0.1) is 0 Å². The first-order valence-electron chi connectivity index (χ1n) is 2.83. The van der Waals surface area contributed by atoms with Crippen LogP contribution in [0.15, 0.2) is 0 Å². The molecule has 2 aliphatic heterocycles. The Morgan fingerprint density at radius 2 is 0.565 bits per heavy atom. The average molecular weight is 381 g/mol. The number of hydrogen-bond donors (Lipinski definition) is 0. The van der Waals surface area contributed by atoms with Crippen LogP contribution in [0.2, 0.25) is 0 Å². The summed E-state index contributed by atoms with van der Waals surface area (Å²) in [6.45, 7) is 0. The van der Waals surface area contributed by atoms with Gasteiger partial charge < -0.3 is 87.7 Å². The van der Waals surface area contributed by atoms with Crippen LogP contribution in [0.3, 0.4) is 0 Å². The molecule has 0 atom stereocenters. The SMILES string of the molecule is O.O.O.O.O.O.O.O.O.O.[Na+].[Na+].[O-]B1OB2OB([O-])OB(O1)O2. The van der Waals surface area contributed by atoms with E-state index < -0.39 is 29.3 Å². The van der Waals surface area contributed by atoms with Crippen molar-refractivity contribution in [3.63, 3.8) is 0 Å². The molecule has 17 nitrogen and oxygen atoms in total. The summed E-state index contributed by atoms with van der Waals surface area (Å²) in [5.74, 6) is 0. The first kappa shape index (κ1) is 74.1. The largest absolute Gasteiger partial charge is 1.00 e.